The predicted octanol–water partition coefficient (Wildman–Crippen LogP) is -0.861. The van der Waals surface area contributed by atoms with Crippen molar-refractivity contribution in [2.75, 3.05) is 0 Å². The molecule has 1 atom stereocenters. The smallest absolute Gasteiger partial charge is 0.343 e. The van der Waals surface area contributed by atoms with E-state index >= 15 is 0 Å². The van der Waals surface area contributed by atoms with Crippen LogP contribution in [0.2, 0.25) is 0 Å². The van der Waals surface area contributed by atoms with E-state index in [1.54, 1.807) is 29.2 Å². The third-order valence-corrected chi connectivity index (χ3v) is 3.89. The number of aliphatic carboxylic acids is 1. The fourth-order valence-corrected chi connectivity index (χ4v) is 2.65. The average molecular weight is 317 g/mol. The van der Waals surface area contributed by atoms with Crippen molar-refractivity contribution in [3.05, 3.63) is 51.7 Å². The standard InChI is InChI=1S/C14H15N5O4/c15-12(20)9-3-1-8(2-4-9)5-18-7-11-16-17-14(23)19(11)6-10(18)13(21)22/h1-4,10H,5-7H2,(H2,15,20)(H,17,23)(H,21,22). The number of benzene rings is 1. The number of hydrogen-bond donors (Lipinski definition) is 3. The van der Waals surface area contributed by atoms with E-state index in [9.17, 15) is 19.5 Å². The van der Waals surface area contributed by atoms with Crippen LogP contribution in [0.1, 0.15) is 21.7 Å². The molecule has 0 aliphatic carbocycles. The number of primary amides is 1. The molecule has 1 aliphatic heterocycles. The molecule has 1 unspecified atom stereocenters. The van der Waals surface area contributed by atoms with Gasteiger partial charge in [0.2, 0.25) is 5.91 Å². The summed E-state index contributed by atoms with van der Waals surface area (Å²) in [5, 5.41) is 15.6. The number of rotatable bonds is 4. The van der Waals surface area contributed by atoms with Gasteiger partial charge in [0.15, 0.2) is 0 Å². The molecule has 9 nitrogen and oxygen atoms in total. The third kappa shape index (κ3) is 2.86. The first kappa shape index (κ1) is 15.0. The summed E-state index contributed by atoms with van der Waals surface area (Å²) in [5.74, 6) is -1.02. The van der Waals surface area contributed by atoms with E-state index in [2.05, 4.69) is 10.2 Å². The molecule has 1 amide bonds. The number of nitrogens with one attached hydrogen (secondary N) is 1. The topological polar surface area (TPSA) is 134 Å². The number of hydrogen-bond acceptors (Lipinski definition) is 5. The van der Waals surface area contributed by atoms with Crippen molar-refractivity contribution in [2.45, 2.75) is 25.7 Å². The van der Waals surface area contributed by atoms with Crippen molar-refractivity contribution in [1.82, 2.24) is 19.7 Å². The highest BCUT2D eigenvalue weighted by Crippen LogP contribution is 2.18. The lowest BCUT2D eigenvalue weighted by atomic mass is 10.1. The van der Waals surface area contributed by atoms with Crippen molar-refractivity contribution in [3.8, 4) is 0 Å². The molecule has 1 aromatic heterocycles. The number of nitrogens with zero attached hydrogens (tertiary/aromatic N) is 3. The van der Waals surface area contributed by atoms with Gasteiger partial charge in [-0.05, 0) is 17.7 Å². The summed E-state index contributed by atoms with van der Waals surface area (Å²) < 4.78 is 1.34. The highest BCUT2D eigenvalue weighted by Gasteiger charge is 2.33. The zero-order valence-corrected chi connectivity index (χ0v) is 12.1. The molecular weight excluding hydrogens is 302 g/mol. The van der Waals surface area contributed by atoms with Gasteiger partial charge >= 0.3 is 11.7 Å². The molecule has 1 aromatic carbocycles. The molecule has 3 rings (SSSR count). The summed E-state index contributed by atoms with van der Waals surface area (Å²) in [6.07, 6.45) is 0. The molecule has 120 valence electrons. The Hall–Kier alpha value is -2.94. The van der Waals surface area contributed by atoms with E-state index in [0.29, 0.717) is 17.9 Å². The summed E-state index contributed by atoms with van der Waals surface area (Å²) in [7, 11) is 0. The van der Waals surface area contributed by atoms with Crippen molar-refractivity contribution < 1.29 is 14.7 Å². The number of carboxylic acid groups (broad SMARTS) is 1. The Morgan fingerprint density at radius 2 is 2.04 bits per heavy atom. The van der Waals surface area contributed by atoms with Gasteiger partial charge in [-0.1, -0.05) is 12.1 Å². The van der Waals surface area contributed by atoms with Crippen LogP contribution in [0.25, 0.3) is 0 Å². The average Bonchev–Trinajstić information content (AvgIpc) is 2.87. The first-order chi connectivity index (χ1) is 11.0. The molecule has 1 aliphatic rings. The van der Waals surface area contributed by atoms with Gasteiger partial charge in [-0.15, -0.1) is 0 Å². The van der Waals surface area contributed by atoms with Crippen molar-refractivity contribution in [1.29, 1.82) is 0 Å². The molecule has 0 spiro atoms. The Bertz CT molecular complexity index is 807. The summed E-state index contributed by atoms with van der Waals surface area (Å²) in [4.78, 5) is 35.9. The molecule has 2 heterocycles. The second-order valence-electron chi connectivity index (χ2n) is 5.38. The van der Waals surface area contributed by atoms with Crippen molar-refractivity contribution >= 4 is 11.9 Å². The summed E-state index contributed by atoms with van der Waals surface area (Å²) in [6.45, 7) is 0.643. The van der Waals surface area contributed by atoms with Crippen LogP contribution in [0.15, 0.2) is 29.1 Å². The van der Waals surface area contributed by atoms with Gasteiger partial charge in [0.1, 0.15) is 11.9 Å². The molecule has 9 heteroatoms. The maximum Gasteiger partial charge on any atom is 0.343 e. The van der Waals surface area contributed by atoms with Gasteiger partial charge in [-0.25, -0.2) is 9.89 Å². The number of aromatic amines is 1. The molecule has 0 saturated carbocycles. The second kappa shape index (κ2) is 5.69. The Balaban J connectivity index is 1.84. The second-order valence-corrected chi connectivity index (χ2v) is 5.38. The van der Waals surface area contributed by atoms with Crippen LogP contribution in [0.4, 0.5) is 0 Å². The molecule has 0 radical (unpaired) electrons. The molecule has 0 fully saturated rings. The van der Waals surface area contributed by atoms with Crippen LogP contribution >= 0.6 is 0 Å². The van der Waals surface area contributed by atoms with Crippen LogP contribution in [0.3, 0.4) is 0 Å². The van der Waals surface area contributed by atoms with Crippen LogP contribution in [-0.4, -0.2) is 42.7 Å². The van der Waals surface area contributed by atoms with Crippen LogP contribution in [-0.2, 0) is 24.4 Å². The highest BCUT2D eigenvalue weighted by molar-refractivity contribution is 5.92. The van der Waals surface area contributed by atoms with Gasteiger partial charge in [0.05, 0.1) is 13.1 Å². The van der Waals surface area contributed by atoms with Gasteiger partial charge in [0.25, 0.3) is 0 Å². The van der Waals surface area contributed by atoms with E-state index in [4.69, 9.17) is 5.73 Å². The van der Waals surface area contributed by atoms with Crippen molar-refractivity contribution in [2.24, 2.45) is 5.73 Å². The number of carbonyl (C=O) groups excluding carboxylic acids is 1. The molecular formula is C14H15N5O4. The van der Waals surface area contributed by atoms with Gasteiger partial charge in [-0.2, -0.15) is 5.10 Å². The highest BCUT2D eigenvalue weighted by atomic mass is 16.4. The Labute approximate surface area is 130 Å². The molecule has 23 heavy (non-hydrogen) atoms. The predicted molar refractivity (Wildman–Crippen MR) is 78.5 cm³/mol. The first-order valence-corrected chi connectivity index (χ1v) is 6.95. The Kier molecular flexibility index (Phi) is 3.70. The monoisotopic (exact) mass is 317 g/mol. The SMILES string of the molecule is NC(=O)c1ccc(CN2Cc3n[nH]c(=O)n3CC2C(=O)O)cc1. The molecule has 0 saturated heterocycles. The van der Waals surface area contributed by atoms with E-state index in [1.807, 2.05) is 0 Å². The number of nitrogens with two attached hydrogens (primary N) is 1. The lowest BCUT2D eigenvalue weighted by molar-refractivity contribution is -0.145. The minimum Gasteiger partial charge on any atom is -0.480 e. The Morgan fingerprint density at radius 3 is 2.65 bits per heavy atom. The van der Waals surface area contributed by atoms with Crippen molar-refractivity contribution in [3.63, 3.8) is 0 Å². The van der Waals surface area contributed by atoms with E-state index in [1.165, 1.54) is 4.57 Å². The van der Waals surface area contributed by atoms with E-state index in [0.717, 1.165) is 5.56 Å². The van der Waals surface area contributed by atoms with Crippen LogP contribution < -0.4 is 11.4 Å². The fraction of sp³-hybridized carbons (Fsp3) is 0.286. The molecule has 2 aromatic rings. The van der Waals surface area contributed by atoms with Gasteiger partial charge in [0, 0.05) is 12.1 Å². The maximum absolute atomic E-state index is 11.6. The van der Waals surface area contributed by atoms with Gasteiger partial charge < -0.3 is 10.8 Å². The van der Waals surface area contributed by atoms with Gasteiger partial charge in [-0.3, -0.25) is 19.1 Å². The fourth-order valence-electron chi connectivity index (χ4n) is 2.65. The van der Waals surface area contributed by atoms with Crippen LogP contribution in [0.5, 0.6) is 0 Å². The number of carboxylic acids is 1. The maximum atomic E-state index is 11.6. The number of amides is 1. The largest absolute Gasteiger partial charge is 0.480 e. The Morgan fingerprint density at radius 1 is 1.35 bits per heavy atom. The minimum absolute atomic E-state index is 0.0410. The third-order valence-electron chi connectivity index (χ3n) is 3.89. The quantitative estimate of drug-likeness (QED) is 0.671. The zero-order valence-electron chi connectivity index (χ0n) is 12.1. The number of H-pyrrole nitrogens is 1. The number of carbonyl (C=O) groups is 2. The summed E-state index contributed by atoms with van der Waals surface area (Å²) in [6, 6.07) is 5.83. The summed E-state index contributed by atoms with van der Waals surface area (Å²) in [5.41, 5.74) is 6.02. The van der Waals surface area contributed by atoms with E-state index in [-0.39, 0.29) is 13.1 Å². The zero-order chi connectivity index (χ0) is 16.6. The normalized spacial score (nSPS) is 17.7. The summed E-state index contributed by atoms with van der Waals surface area (Å²) >= 11 is 0. The number of aromatic nitrogens is 3. The lowest BCUT2D eigenvalue weighted by Crippen LogP contribution is -2.49. The first-order valence-electron chi connectivity index (χ1n) is 6.95. The number of fused-ring (bicyclic) bond motifs is 1. The lowest BCUT2D eigenvalue weighted by Gasteiger charge is -2.32. The minimum atomic E-state index is -1.00. The molecule has 0 bridgehead atoms. The van der Waals surface area contributed by atoms with E-state index < -0.39 is 23.6 Å². The van der Waals surface area contributed by atoms with Crippen LogP contribution in [0, 0.1) is 0 Å². The molecule has 4 N–H and O–H groups in total.